The molecule has 1 rings (SSSR count). The third kappa shape index (κ3) is 5.58. The van der Waals surface area contributed by atoms with Crippen LogP contribution in [0.5, 0.6) is 0 Å². The Hall–Kier alpha value is -0.120. The molecule has 2 N–H and O–H groups in total. The molecule has 1 aliphatic carbocycles. The fourth-order valence-electron chi connectivity index (χ4n) is 1.38. The highest BCUT2D eigenvalue weighted by molar-refractivity contribution is 4.72. The molecule has 3 heteroatoms. The molecule has 1 atom stereocenters. The molecule has 0 aromatic rings. The molecule has 1 unspecified atom stereocenters. The van der Waals surface area contributed by atoms with Crippen LogP contribution in [0.4, 0.5) is 0 Å². The van der Waals surface area contributed by atoms with E-state index < -0.39 is 0 Å². The third-order valence-corrected chi connectivity index (χ3v) is 2.74. The van der Waals surface area contributed by atoms with Crippen molar-refractivity contribution >= 4 is 0 Å². The summed E-state index contributed by atoms with van der Waals surface area (Å²) in [4.78, 5) is 2.25. The minimum Gasteiger partial charge on any atom is -0.380 e. The Morgan fingerprint density at radius 3 is 2.79 bits per heavy atom. The first-order valence-corrected chi connectivity index (χ1v) is 5.74. The minimum absolute atomic E-state index is 0.309. The molecule has 1 saturated carbocycles. The van der Waals surface area contributed by atoms with E-state index in [0.717, 1.165) is 38.6 Å². The van der Waals surface area contributed by atoms with Gasteiger partial charge in [0, 0.05) is 25.7 Å². The minimum atomic E-state index is 0.309. The number of ether oxygens (including phenoxy) is 1. The fourth-order valence-corrected chi connectivity index (χ4v) is 1.38. The molecule has 0 aromatic carbocycles. The maximum absolute atomic E-state index is 5.85. The lowest BCUT2D eigenvalue weighted by Gasteiger charge is -2.20. The number of rotatable bonds is 8. The Labute approximate surface area is 87.6 Å². The van der Waals surface area contributed by atoms with Gasteiger partial charge in [0.2, 0.25) is 0 Å². The maximum Gasteiger partial charge on any atom is 0.0593 e. The Morgan fingerprint density at radius 2 is 2.21 bits per heavy atom. The van der Waals surface area contributed by atoms with Gasteiger partial charge < -0.3 is 15.4 Å². The summed E-state index contributed by atoms with van der Waals surface area (Å²) in [5, 5.41) is 0. The molecule has 0 aromatic heterocycles. The Balaban J connectivity index is 1.88. The average molecular weight is 200 g/mol. The van der Waals surface area contributed by atoms with Gasteiger partial charge in [0.05, 0.1) is 6.61 Å². The second kappa shape index (κ2) is 6.38. The summed E-state index contributed by atoms with van der Waals surface area (Å²) in [6.45, 7) is 5.92. The van der Waals surface area contributed by atoms with Crippen LogP contribution < -0.4 is 5.73 Å². The molecule has 84 valence electrons. The van der Waals surface area contributed by atoms with Crippen molar-refractivity contribution in [1.82, 2.24) is 4.90 Å². The van der Waals surface area contributed by atoms with Crippen molar-refractivity contribution in [3.8, 4) is 0 Å². The van der Waals surface area contributed by atoms with Crippen molar-refractivity contribution in [3.63, 3.8) is 0 Å². The van der Waals surface area contributed by atoms with Crippen LogP contribution in [0.2, 0.25) is 0 Å². The van der Waals surface area contributed by atoms with Gasteiger partial charge in [-0.15, -0.1) is 0 Å². The SMILES string of the molecule is CCC(N)CN(C)CCOCC1CC1. The smallest absolute Gasteiger partial charge is 0.0593 e. The van der Waals surface area contributed by atoms with E-state index in [0.29, 0.717) is 6.04 Å². The molecule has 0 radical (unpaired) electrons. The van der Waals surface area contributed by atoms with E-state index in [4.69, 9.17) is 10.5 Å². The molecule has 1 aliphatic rings. The van der Waals surface area contributed by atoms with Crippen molar-refractivity contribution in [3.05, 3.63) is 0 Å². The third-order valence-electron chi connectivity index (χ3n) is 2.74. The van der Waals surface area contributed by atoms with Gasteiger partial charge in [-0.2, -0.15) is 0 Å². The quantitative estimate of drug-likeness (QED) is 0.596. The Kier molecular flexibility index (Phi) is 5.45. The van der Waals surface area contributed by atoms with E-state index in [2.05, 4.69) is 18.9 Å². The molecule has 1 fully saturated rings. The highest BCUT2D eigenvalue weighted by Crippen LogP contribution is 2.28. The van der Waals surface area contributed by atoms with E-state index in [-0.39, 0.29) is 0 Å². The Bertz CT molecular complexity index is 148. The lowest BCUT2D eigenvalue weighted by molar-refractivity contribution is 0.102. The van der Waals surface area contributed by atoms with Crippen LogP contribution >= 0.6 is 0 Å². The van der Waals surface area contributed by atoms with Crippen LogP contribution in [0, 0.1) is 5.92 Å². The van der Waals surface area contributed by atoms with Gasteiger partial charge in [0.1, 0.15) is 0 Å². The first-order valence-electron chi connectivity index (χ1n) is 5.74. The first-order chi connectivity index (χ1) is 6.72. The molecule has 14 heavy (non-hydrogen) atoms. The normalized spacial score (nSPS) is 18.9. The van der Waals surface area contributed by atoms with E-state index in [1.165, 1.54) is 12.8 Å². The van der Waals surface area contributed by atoms with Gasteiger partial charge in [-0.1, -0.05) is 6.92 Å². The molecule has 0 bridgehead atoms. The maximum atomic E-state index is 5.85. The topological polar surface area (TPSA) is 38.5 Å². The van der Waals surface area contributed by atoms with Gasteiger partial charge in [-0.05, 0) is 32.2 Å². The zero-order valence-electron chi connectivity index (χ0n) is 9.54. The van der Waals surface area contributed by atoms with E-state index in [1.807, 2.05) is 0 Å². The number of nitrogens with zero attached hydrogens (tertiary/aromatic N) is 1. The first kappa shape index (κ1) is 12.0. The summed E-state index contributed by atoms with van der Waals surface area (Å²) in [6, 6.07) is 0.309. The van der Waals surface area contributed by atoms with Crippen LogP contribution in [0.15, 0.2) is 0 Å². The molecule has 0 aliphatic heterocycles. The number of likely N-dealkylation sites (N-methyl/N-ethyl adjacent to an activating group) is 1. The summed E-state index contributed by atoms with van der Waals surface area (Å²) >= 11 is 0. The van der Waals surface area contributed by atoms with E-state index in [1.54, 1.807) is 0 Å². The molecular formula is C11H24N2O. The standard InChI is InChI=1S/C11H24N2O/c1-3-11(12)8-13(2)6-7-14-9-10-4-5-10/h10-11H,3-9,12H2,1-2H3. The van der Waals surface area contributed by atoms with Gasteiger partial charge in [0.25, 0.3) is 0 Å². The molecule has 0 amide bonds. The highest BCUT2D eigenvalue weighted by Gasteiger charge is 2.20. The molecule has 3 nitrogen and oxygen atoms in total. The zero-order chi connectivity index (χ0) is 10.4. The van der Waals surface area contributed by atoms with Crippen molar-refractivity contribution in [1.29, 1.82) is 0 Å². The van der Waals surface area contributed by atoms with Gasteiger partial charge >= 0.3 is 0 Å². The van der Waals surface area contributed by atoms with E-state index >= 15 is 0 Å². The zero-order valence-corrected chi connectivity index (χ0v) is 9.54. The van der Waals surface area contributed by atoms with Gasteiger partial charge in [-0.3, -0.25) is 0 Å². The number of hydrogen-bond donors (Lipinski definition) is 1. The second-order valence-corrected chi connectivity index (χ2v) is 4.45. The second-order valence-electron chi connectivity index (χ2n) is 4.45. The van der Waals surface area contributed by atoms with Crippen molar-refractivity contribution in [2.75, 3.05) is 33.4 Å². The molecule has 0 saturated heterocycles. The van der Waals surface area contributed by atoms with Crippen LogP contribution in [0.3, 0.4) is 0 Å². The lowest BCUT2D eigenvalue weighted by Crippen LogP contribution is -2.36. The van der Waals surface area contributed by atoms with Crippen LogP contribution in [0.25, 0.3) is 0 Å². The summed E-state index contributed by atoms with van der Waals surface area (Å²) in [5.74, 6) is 0.873. The Morgan fingerprint density at radius 1 is 1.50 bits per heavy atom. The van der Waals surface area contributed by atoms with Crippen LogP contribution in [0.1, 0.15) is 26.2 Å². The van der Waals surface area contributed by atoms with Gasteiger partial charge in [-0.25, -0.2) is 0 Å². The monoisotopic (exact) mass is 200 g/mol. The van der Waals surface area contributed by atoms with Gasteiger partial charge in [0.15, 0.2) is 0 Å². The summed E-state index contributed by atoms with van der Waals surface area (Å²) in [7, 11) is 2.11. The number of hydrogen-bond acceptors (Lipinski definition) is 3. The van der Waals surface area contributed by atoms with Crippen LogP contribution in [-0.2, 0) is 4.74 Å². The summed E-state index contributed by atoms with van der Waals surface area (Å²) < 4.78 is 5.56. The number of nitrogens with two attached hydrogens (primary N) is 1. The fraction of sp³-hybridized carbons (Fsp3) is 1.00. The van der Waals surface area contributed by atoms with Crippen molar-refractivity contribution < 1.29 is 4.74 Å². The summed E-state index contributed by atoms with van der Waals surface area (Å²) in [6.07, 6.45) is 3.79. The van der Waals surface area contributed by atoms with Crippen molar-refractivity contribution in [2.24, 2.45) is 11.7 Å². The van der Waals surface area contributed by atoms with Crippen molar-refractivity contribution in [2.45, 2.75) is 32.2 Å². The highest BCUT2D eigenvalue weighted by atomic mass is 16.5. The summed E-state index contributed by atoms with van der Waals surface area (Å²) in [5.41, 5.74) is 5.85. The average Bonchev–Trinajstić information content (AvgIpc) is 2.96. The van der Waals surface area contributed by atoms with E-state index in [9.17, 15) is 0 Å². The predicted octanol–water partition coefficient (Wildman–Crippen LogP) is 1.08. The molecule has 0 heterocycles. The molecular weight excluding hydrogens is 176 g/mol. The lowest BCUT2D eigenvalue weighted by atomic mass is 10.2. The largest absolute Gasteiger partial charge is 0.380 e. The predicted molar refractivity (Wildman–Crippen MR) is 59.3 cm³/mol. The van der Waals surface area contributed by atoms with Crippen LogP contribution in [-0.4, -0.2) is 44.3 Å². The molecule has 0 spiro atoms.